The number of hydrogen-bond acceptors (Lipinski definition) is 5. The lowest BCUT2D eigenvalue weighted by Gasteiger charge is -2.30. The van der Waals surface area contributed by atoms with Crippen LogP contribution in [-0.4, -0.2) is 63.2 Å². The van der Waals surface area contributed by atoms with Crippen molar-refractivity contribution in [2.24, 2.45) is 5.92 Å². The summed E-state index contributed by atoms with van der Waals surface area (Å²) < 4.78 is 53.7. The summed E-state index contributed by atoms with van der Waals surface area (Å²) in [6, 6.07) is -0.377. The fourth-order valence-corrected chi connectivity index (χ4v) is 4.90. The third-order valence-corrected chi connectivity index (χ3v) is 7.10. The van der Waals surface area contributed by atoms with Gasteiger partial charge in [0.05, 0.1) is 11.7 Å². The lowest BCUT2D eigenvalue weighted by Crippen LogP contribution is -2.55. The third-order valence-electron chi connectivity index (χ3n) is 7.10. The molecule has 2 aliphatic rings. The number of halogens is 4. The first-order chi connectivity index (χ1) is 17.8. The highest BCUT2D eigenvalue weighted by molar-refractivity contribution is 5.96. The molecule has 1 saturated carbocycles. The van der Waals surface area contributed by atoms with Crippen molar-refractivity contribution in [3.05, 3.63) is 42.2 Å². The number of aliphatic carboxylic acids is 1. The topological polar surface area (TPSA) is 119 Å². The molecule has 3 rings (SSSR count). The molecule has 0 spiro atoms. The molecule has 1 aliphatic carbocycles. The summed E-state index contributed by atoms with van der Waals surface area (Å²) >= 11 is 0. The van der Waals surface area contributed by atoms with E-state index in [2.05, 4.69) is 17.2 Å². The van der Waals surface area contributed by atoms with E-state index in [9.17, 15) is 42.2 Å². The number of aliphatic hydroxyl groups is 1. The summed E-state index contributed by atoms with van der Waals surface area (Å²) in [5, 5.41) is 25.1. The number of carboxylic acids is 1. The number of hydrogen-bond donors (Lipinski definition) is 4. The number of nitrogens with zero attached hydrogens (tertiary/aromatic N) is 1. The standard InChI is InChI=1S/C26H33F4N3O5/c1-3-5-6-7-8-20(31-18-10-16(26(28,29)30)9-17(27)11-18)23(36)33-14-19(34)12-21(33)22(35)32-25(24(37)38)13-15(25)4-2/h4,9-11,15,19-21,31,34H,2-3,5-8,12-14H2,1H3,(H,32,35)(H,37,38)/t15-,19-,20+,21+,25-/m1/s1. The minimum atomic E-state index is -4.80. The van der Waals surface area contributed by atoms with E-state index in [1.165, 1.54) is 6.08 Å². The molecule has 12 heteroatoms. The van der Waals surface area contributed by atoms with Crippen LogP contribution in [0.2, 0.25) is 0 Å². The van der Waals surface area contributed by atoms with Crippen LogP contribution in [0.4, 0.5) is 23.2 Å². The van der Waals surface area contributed by atoms with E-state index in [0.717, 1.165) is 30.2 Å². The van der Waals surface area contributed by atoms with E-state index in [1.54, 1.807) is 0 Å². The smallest absolute Gasteiger partial charge is 0.416 e. The van der Waals surface area contributed by atoms with Crippen molar-refractivity contribution in [2.75, 3.05) is 11.9 Å². The summed E-state index contributed by atoms with van der Waals surface area (Å²) in [4.78, 5) is 39.6. The van der Waals surface area contributed by atoms with Gasteiger partial charge in [0.15, 0.2) is 0 Å². The number of anilines is 1. The van der Waals surface area contributed by atoms with E-state index in [-0.39, 0.29) is 31.5 Å². The van der Waals surface area contributed by atoms with E-state index in [4.69, 9.17) is 0 Å². The Morgan fingerprint density at radius 3 is 2.53 bits per heavy atom. The van der Waals surface area contributed by atoms with Gasteiger partial charge in [0.2, 0.25) is 11.8 Å². The van der Waals surface area contributed by atoms with Gasteiger partial charge < -0.3 is 25.7 Å². The number of unbranched alkanes of at least 4 members (excludes halogenated alkanes) is 3. The van der Waals surface area contributed by atoms with Crippen LogP contribution in [0.15, 0.2) is 30.9 Å². The Labute approximate surface area is 218 Å². The zero-order valence-electron chi connectivity index (χ0n) is 21.1. The number of aliphatic hydroxyl groups excluding tert-OH is 1. The van der Waals surface area contributed by atoms with Crippen molar-refractivity contribution in [2.45, 2.75) is 81.8 Å². The summed E-state index contributed by atoms with van der Waals surface area (Å²) in [5.41, 5.74) is -3.00. The normalized spacial score (nSPS) is 25.5. The van der Waals surface area contributed by atoms with Gasteiger partial charge in [-0.15, -0.1) is 6.58 Å². The summed E-state index contributed by atoms with van der Waals surface area (Å²) in [5.74, 6) is -4.26. The van der Waals surface area contributed by atoms with Gasteiger partial charge in [0.25, 0.3) is 0 Å². The highest BCUT2D eigenvalue weighted by Gasteiger charge is 2.61. The first kappa shape index (κ1) is 29.4. The number of carbonyl (C=O) groups excluding carboxylic acids is 2. The molecule has 0 radical (unpaired) electrons. The number of likely N-dealkylation sites (tertiary alicyclic amines) is 1. The van der Waals surface area contributed by atoms with Crippen LogP contribution in [0.3, 0.4) is 0 Å². The first-order valence-electron chi connectivity index (χ1n) is 12.6. The maximum atomic E-state index is 14.0. The lowest BCUT2D eigenvalue weighted by molar-refractivity contribution is -0.145. The van der Waals surface area contributed by atoms with E-state index in [0.29, 0.717) is 18.6 Å². The molecule has 1 saturated heterocycles. The average molecular weight is 544 g/mol. The Morgan fingerprint density at radius 2 is 1.95 bits per heavy atom. The monoisotopic (exact) mass is 543 g/mol. The Morgan fingerprint density at radius 1 is 1.24 bits per heavy atom. The van der Waals surface area contributed by atoms with Crippen LogP contribution in [0.1, 0.15) is 57.4 Å². The second-order valence-electron chi connectivity index (χ2n) is 9.98. The summed E-state index contributed by atoms with van der Waals surface area (Å²) in [6.07, 6.45) is -1.18. The Balaban J connectivity index is 1.83. The maximum Gasteiger partial charge on any atom is 0.416 e. The number of carboxylic acid groups (broad SMARTS) is 1. The number of β-amino-alcohol motifs (C(OH)–C–C–N with tert-alkyl or cyclic N) is 1. The molecular formula is C26H33F4N3O5. The molecule has 8 nitrogen and oxygen atoms in total. The van der Waals surface area contributed by atoms with Gasteiger partial charge in [0.1, 0.15) is 23.4 Å². The molecule has 5 atom stereocenters. The van der Waals surface area contributed by atoms with Crippen LogP contribution in [0.5, 0.6) is 0 Å². The predicted molar refractivity (Wildman–Crippen MR) is 131 cm³/mol. The van der Waals surface area contributed by atoms with E-state index >= 15 is 0 Å². The molecule has 210 valence electrons. The predicted octanol–water partition coefficient (Wildman–Crippen LogP) is 3.70. The minimum absolute atomic E-state index is 0.132. The molecule has 1 heterocycles. The minimum Gasteiger partial charge on any atom is -0.479 e. The zero-order valence-corrected chi connectivity index (χ0v) is 21.1. The van der Waals surface area contributed by atoms with Crippen molar-refractivity contribution in [3.63, 3.8) is 0 Å². The number of alkyl halides is 3. The molecule has 0 aromatic heterocycles. The van der Waals surface area contributed by atoms with Gasteiger partial charge in [0, 0.05) is 24.6 Å². The Hall–Kier alpha value is -3.15. The van der Waals surface area contributed by atoms with Gasteiger partial charge >= 0.3 is 12.1 Å². The van der Waals surface area contributed by atoms with Crippen molar-refractivity contribution in [3.8, 4) is 0 Å². The molecule has 0 unspecified atom stereocenters. The average Bonchev–Trinajstić information content (AvgIpc) is 3.42. The van der Waals surface area contributed by atoms with Crippen molar-refractivity contribution >= 4 is 23.5 Å². The SMILES string of the molecule is C=C[C@@H]1C[C@]1(NC(=O)[C@@H]1C[C@@H](O)CN1C(=O)[C@H](CCCCCC)Nc1cc(F)cc(C(F)(F)F)c1)C(=O)O. The largest absolute Gasteiger partial charge is 0.479 e. The molecule has 2 fully saturated rings. The maximum absolute atomic E-state index is 14.0. The summed E-state index contributed by atoms with van der Waals surface area (Å²) in [6.45, 7) is 5.34. The lowest BCUT2D eigenvalue weighted by atomic mass is 10.0. The third kappa shape index (κ3) is 6.64. The van der Waals surface area contributed by atoms with E-state index < -0.39 is 65.0 Å². The number of rotatable bonds is 12. The highest BCUT2D eigenvalue weighted by Crippen LogP contribution is 2.45. The van der Waals surface area contributed by atoms with Crippen LogP contribution >= 0.6 is 0 Å². The van der Waals surface area contributed by atoms with Crippen molar-refractivity contribution < 1.29 is 42.2 Å². The molecular weight excluding hydrogens is 510 g/mol. The van der Waals surface area contributed by atoms with Crippen molar-refractivity contribution in [1.29, 1.82) is 0 Å². The van der Waals surface area contributed by atoms with Crippen LogP contribution in [0, 0.1) is 11.7 Å². The zero-order chi connectivity index (χ0) is 28.3. The van der Waals surface area contributed by atoms with Gasteiger partial charge in [-0.1, -0.05) is 38.7 Å². The fraction of sp³-hybridized carbons (Fsp3) is 0.577. The van der Waals surface area contributed by atoms with Gasteiger partial charge in [-0.2, -0.15) is 13.2 Å². The summed E-state index contributed by atoms with van der Waals surface area (Å²) in [7, 11) is 0. The van der Waals surface area contributed by atoms with Gasteiger partial charge in [-0.05, 0) is 31.0 Å². The molecule has 4 N–H and O–H groups in total. The number of carbonyl (C=O) groups is 3. The van der Waals surface area contributed by atoms with Crippen LogP contribution in [-0.2, 0) is 20.6 Å². The number of benzene rings is 1. The number of nitrogens with one attached hydrogen (secondary N) is 2. The van der Waals surface area contributed by atoms with Crippen LogP contribution < -0.4 is 10.6 Å². The van der Waals surface area contributed by atoms with Crippen LogP contribution in [0.25, 0.3) is 0 Å². The van der Waals surface area contributed by atoms with Gasteiger partial charge in [-0.25, -0.2) is 9.18 Å². The molecule has 1 aromatic rings. The second-order valence-corrected chi connectivity index (χ2v) is 9.98. The Kier molecular flexibility index (Phi) is 9.06. The van der Waals surface area contributed by atoms with E-state index in [1.807, 2.05) is 6.92 Å². The fourth-order valence-electron chi connectivity index (χ4n) is 4.90. The first-order valence-corrected chi connectivity index (χ1v) is 12.6. The molecule has 0 bridgehead atoms. The highest BCUT2D eigenvalue weighted by atomic mass is 19.4. The molecule has 2 amide bonds. The molecule has 38 heavy (non-hydrogen) atoms. The Bertz CT molecular complexity index is 1070. The van der Waals surface area contributed by atoms with Crippen molar-refractivity contribution in [1.82, 2.24) is 10.2 Å². The number of amides is 2. The quantitative estimate of drug-likeness (QED) is 0.181. The molecule has 1 aliphatic heterocycles. The van der Waals surface area contributed by atoms with Gasteiger partial charge in [-0.3, -0.25) is 9.59 Å². The molecule has 1 aromatic carbocycles. The second kappa shape index (κ2) is 11.7.